The fourth-order valence-corrected chi connectivity index (χ4v) is 3.72. The zero-order valence-electron chi connectivity index (χ0n) is 24.4. The molecule has 2 rings (SSSR count). The predicted molar refractivity (Wildman–Crippen MR) is 157 cm³/mol. The van der Waals surface area contributed by atoms with Gasteiger partial charge in [-0.3, -0.25) is 9.78 Å². The number of aromatic nitrogens is 2. The first kappa shape index (κ1) is 31.9. The molecule has 214 valence electrons. The van der Waals surface area contributed by atoms with Gasteiger partial charge in [-0.05, 0) is 50.4 Å². The van der Waals surface area contributed by atoms with Crippen LogP contribution in [0, 0.1) is 18.3 Å². The second-order valence-corrected chi connectivity index (χ2v) is 17.4. The number of aliphatic imine (C=N–C) groups is 2. The van der Waals surface area contributed by atoms with E-state index < -0.39 is 19.5 Å². The first-order chi connectivity index (χ1) is 18.2. The van der Waals surface area contributed by atoms with Gasteiger partial charge in [-0.1, -0.05) is 33.5 Å². The summed E-state index contributed by atoms with van der Waals surface area (Å²) < 4.78 is 17.0. The lowest BCUT2D eigenvalue weighted by molar-refractivity contribution is -0.148. The van der Waals surface area contributed by atoms with E-state index in [4.69, 9.17) is 19.9 Å². The van der Waals surface area contributed by atoms with Gasteiger partial charge in [0.05, 0.1) is 17.7 Å². The molecule has 3 N–H and O–H groups in total. The highest BCUT2D eigenvalue weighted by Crippen LogP contribution is 2.25. The minimum atomic E-state index is -1.17. The number of aliphatic carboxylic acids is 1. The van der Waals surface area contributed by atoms with Crippen LogP contribution in [0.2, 0.25) is 25.7 Å². The SMILES string of the molecule is Cc1cc(OCC(C)(C)C(=O)O)ncc1-c1ccc(C(N)=NC(=NCOCC[Si](C)(C)C)OCC(C)C)cn1. The lowest BCUT2D eigenvalue weighted by Crippen LogP contribution is -2.30. The first-order valence-corrected chi connectivity index (χ1v) is 16.8. The fourth-order valence-electron chi connectivity index (χ4n) is 2.96. The third-order valence-electron chi connectivity index (χ3n) is 5.63. The van der Waals surface area contributed by atoms with Gasteiger partial charge in [0.2, 0.25) is 5.88 Å². The highest BCUT2D eigenvalue weighted by Gasteiger charge is 2.28. The van der Waals surface area contributed by atoms with Gasteiger partial charge in [-0.25, -0.2) is 9.98 Å². The molecule has 39 heavy (non-hydrogen) atoms. The van der Waals surface area contributed by atoms with Crippen molar-refractivity contribution in [1.29, 1.82) is 0 Å². The Morgan fingerprint density at radius 3 is 2.46 bits per heavy atom. The predicted octanol–water partition coefficient (Wildman–Crippen LogP) is 4.99. The van der Waals surface area contributed by atoms with Gasteiger partial charge in [0.15, 0.2) is 0 Å². The van der Waals surface area contributed by atoms with Gasteiger partial charge in [-0.15, -0.1) is 0 Å². The molecule has 0 aliphatic heterocycles. The van der Waals surface area contributed by atoms with Crippen LogP contribution in [0.5, 0.6) is 5.88 Å². The standard InChI is InChI=1S/C28H43N5O5Si/c1-19(2)16-37-27(32-18-36-11-12-39(6,7)8)33-25(29)21-9-10-23(30-14-21)22-15-31-24(13-20(22)3)38-17-28(4,5)26(34)35/h9-10,13-15,19H,11-12,16-18H2,1-8H3,(H,34,35)(H2,29,32,33). The largest absolute Gasteiger partial charge is 0.481 e. The number of ether oxygens (including phenoxy) is 3. The van der Waals surface area contributed by atoms with Crippen molar-refractivity contribution < 1.29 is 24.1 Å². The van der Waals surface area contributed by atoms with E-state index in [9.17, 15) is 9.90 Å². The molecule has 0 fully saturated rings. The molecule has 2 heterocycles. The second kappa shape index (κ2) is 14.2. The van der Waals surface area contributed by atoms with E-state index in [1.54, 1.807) is 32.3 Å². The number of carbonyl (C=O) groups is 1. The first-order valence-electron chi connectivity index (χ1n) is 13.1. The zero-order valence-corrected chi connectivity index (χ0v) is 25.4. The van der Waals surface area contributed by atoms with Crippen LogP contribution in [-0.4, -0.2) is 67.5 Å². The van der Waals surface area contributed by atoms with Gasteiger partial charge < -0.3 is 25.1 Å². The smallest absolute Gasteiger partial charge is 0.315 e. The van der Waals surface area contributed by atoms with E-state index in [2.05, 4.69) is 39.6 Å². The van der Waals surface area contributed by atoms with Gasteiger partial charge in [0.25, 0.3) is 0 Å². The summed E-state index contributed by atoms with van der Waals surface area (Å²) in [5.41, 5.74) is 8.28. The number of aryl methyl sites for hydroxylation is 1. The van der Waals surface area contributed by atoms with Crippen LogP contribution < -0.4 is 10.5 Å². The van der Waals surface area contributed by atoms with Crippen molar-refractivity contribution >= 4 is 25.9 Å². The summed E-state index contributed by atoms with van der Waals surface area (Å²) >= 11 is 0. The maximum Gasteiger partial charge on any atom is 0.315 e. The van der Waals surface area contributed by atoms with Crippen molar-refractivity contribution in [3.8, 4) is 17.1 Å². The molecule has 0 aliphatic carbocycles. The summed E-state index contributed by atoms with van der Waals surface area (Å²) in [6.07, 6.45) is 3.29. The topological polar surface area (TPSA) is 142 Å². The normalized spacial score (nSPS) is 13.1. The summed E-state index contributed by atoms with van der Waals surface area (Å²) in [6, 6.07) is 6.66. The summed E-state index contributed by atoms with van der Waals surface area (Å²) in [7, 11) is -1.17. The number of rotatable bonds is 13. The Hall–Kier alpha value is -3.31. The van der Waals surface area contributed by atoms with Crippen molar-refractivity contribution in [1.82, 2.24) is 9.97 Å². The number of nitrogens with two attached hydrogens (primary N) is 1. The number of carboxylic acid groups (broad SMARTS) is 1. The highest BCUT2D eigenvalue weighted by molar-refractivity contribution is 6.76. The van der Waals surface area contributed by atoms with Crippen LogP contribution in [0.25, 0.3) is 11.3 Å². The molecule has 0 saturated heterocycles. The molecule has 0 amide bonds. The van der Waals surface area contributed by atoms with Gasteiger partial charge in [0.1, 0.15) is 19.2 Å². The number of nitrogens with zero attached hydrogens (tertiary/aromatic N) is 4. The molecular weight excluding hydrogens is 514 g/mol. The number of hydrogen-bond acceptors (Lipinski definition) is 7. The van der Waals surface area contributed by atoms with E-state index in [0.717, 1.165) is 17.2 Å². The van der Waals surface area contributed by atoms with E-state index in [0.29, 0.717) is 36.3 Å². The van der Waals surface area contributed by atoms with Gasteiger partial charge in [-0.2, -0.15) is 4.99 Å². The van der Waals surface area contributed by atoms with Crippen molar-refractivity contribution in [2.45, 2.75) is 60.3 Å². The van der Waals surface area contributed by atoms with Crippen LogP contribution in [0.3, 0.4) is 0 Å². The maximum absolute atomic E-state index is 11.3. The maximum atomic E-state index is 11.3. The quantitative estimate of drug-likeness (QED) is 0.152. The van der Waals surface area contributed by atoms with Crippen LogP contribution in [0.15, 0.2) is 40.6 Å². The average molecular weight is 558 g/mol. The van der Waals surface area contributed by atoms with Crippen LogP contribution in [0.4, 0.5) is 0 Å². The highest BCUT2D eigenvalue weighted by atomic mass is 28.3. The summed E-state index contributed by atoms with van der Waals surface area (Å²) in [4.78, 5) is 28.9. The second-order valence-electron chi connectivity index (χ2n) is 11.7. The molecule has 11 heteroatoms. The average Bonchev–Trinajstić information content (AvgIpc) is 2.85. The molecule has 0 spiro atoms. The molecule has 0 atom stereocenters. The number of pyridine rings is 2. The summed E-state index contributed by atoms with van der Waals surface area (Å²) in [5, 5.41) is 9.26. The molecular formula is C28H43N5O5Si. The van der Waals surface area contributed by atoms with Crippen LogP contribution in [-0.2, 0) is 14.3 Å². The van der Waals surface area contributed by atoms with E-state index >= 15 is 0 Å². The van der Waals surface area contributed by atoms with Gasteiger partial charge in [0, 0.05) is 44.3 Å². The fraction of sp³-hybridized carbons (Fsp3) is 0.536. The Balaban J connectivity index is 2.12. The minimum Gasteiger partial charge on any atom is -0.481 e. The zero-order chi connectivity index (χ0) is 29.2. The molecule has 2 aromatic rings. The van der Waals surface area contributed by atoms with E-state index in [1.165, 1.54) is 0 Å². The lowest BCUT2D eigenvalue weighted by Gasteiger charge is -2.19. The Morgan fingerprint density at radius 2 is 1.90 bits per heavy atom. The molecule has 2 aromatic heterocycles. The van der Waals surface area contributed by atoms with Crippen molar-refractivity contribution in [3.63, 3.8) is 0 Å². The van der Waals surface area contributed by atoms with E-state index in [1.807, 2.05) is 32.9 Å². The number of hydrogen-bond donors (Lipinski definition) is 2. The number of amidine groups is 2. The molecule has 0 aromatic carbocycles. The molecule has 0 aliphatic rings. The molecule has 0 radical (unpaired) electrons. The van der Waals surface area contributed by atoms with Crippen LogP contribution in [0.1, 0.15) is 38.8 Å². The molecule has 0 saturated carbocycles. The Labute approximate surface area is 232 Å². The molecule has 10 nitrogen and oxygen atoms in total. The van der Waals surface area contributed by atoms with Crippen molar-refractivity contribution in [2.24, 2.45) is 27.1 Å². The minimum absolute atomic E-state index is 0.0104. The number of carboxylic acids is 1. The summed E-state index contributed by atoms with van der Waals surface area (Å²) in [6.45, 7) is 17.4. The van der Waals surface area contributed by atoms with E-state index in [-0.39, 0.29) is 25.2 Å². The Kier molecular flexibility index (Phi) is 11.6. The van der Waals surface area contributed by atoms with Crippen LogP contribution >= 0.6 is 0 Å². The van der Waals surface area contributed by atoms with Crippen molar-refractivity contribution in [3.05, 3.63) is 41.7 Å². The Morgan fingerprint density at radius 1 is 1.18 bits per heavy atom. The monoisotopic (exact) mass is 557 g/mol. The summed E-state index contributed by atoms with van der Waals surface area (Å²) in [5.74, 6) is -0.0363. The lowest BCUT2D eigenvalue weighted by atomic mass is 9.95. The third-order valence-corrected chi connectivity index (χ3v) is 7.33. The third kappa shape index (κ3) is 11.1. The van der Waals surface area contributed by atoms with Crippen molar-refractivity contribution in [2.75, 3.05) is 26.6 Å². The molecule has 0 unspecified atom stereocenters. The van der Waals surface area contributed by atoms with Gasteiger partial charge >= 0.3 is 12.0 Å². The Bertz CT molecular complexity index is 1160. The molecule has 0 bridgehead atoms.